The molecule has 0 aliphatic carbocycles. The van der Waals surface area contributed by atoms with Gasteiger partial charge in [0.1, 0.15) is 6.04 Å². The fraction of sp³-hybridized carbons (Fsp3) is 0.471. The lowest BCUT2D eigenvalue weighted by molar-refractivity contribution is -0.138. The number of benzene rings is 1. The number of hydrogen-bond acceptors (Lipinski definition) is 4. The SMILES string of the molecule is CCCCN1C=CN(C)C1.NC(Cc1ccccc1)C(=O)O. The Bertz CT molecular complexity index is 462. The Balaban J connectivity index is 0.000000224. The van der Waals surface area contributed by atoms with Crippen molar-refractivity contribution in [1.82, 2.24) is 9.80 Å². The van der Waals surface area contributed by atoms with Gasteiger partial charge in [-0.25, -0.2) is 0 Å². The van der Waals surface area contributed by atoms with Crippen LogP contribution in [0.5, 0.6) is 0 Å². The van der Waals surface area contributed by atoms with Crippen molar-refractivity contribution >= 4 is 5.97 Å². The molecule has 1 aromatic rings. The van der Waals surface area contributed by atoms with Crippen LogP contribution >= 0.6 is 0 Å². The summed E-state index contributed by atoms with van der Waals surface area (Å²) in [6.07, 6.45) is 7.26. The summed E-state index contributed by atoms with van der Waals surface area (Å²) in [4.78, 5) is 14.9. The van der Waals surface area contributed by atoms with Gasteiger partial charge in [0.25, 0.3) is 0 Å². The molecule has 1 atom stereocenters. The third kappa shape index (κ3) is 7.13. The lowest BCUT2D eigenvalue weighted by Gasteiger charge is -2.17. The van der Waals surface area contributed by atoms with Gasteiger partial charge in [-0.15, -0.1) is 0 Å². The number of nitrogens with zero attached hydrogens (tertiary/aromatic N) is 2. The monoisotopic (exact) mass is 305 g/mol. The van der Waals surface area contributed by atoms with Crippen molar-refractivity contribution in [3.63, 3.8) is 0 Å². The van der Waals surface area contributed by atoms with Crippen LogP contribution in [0.4, 0.5) is 0 Å². The molecular formula is C17H27N3O2. The predicted molar refractivity (Wildman–Crippen MR) is 89.1 cm³/mol. The number of nitrogens with two attached hydrogens (primary N) is 1. The number of carbonyl (C=O) groups is 1. The normalized spacial score (nSPS) is 14.5. The van der Waals surface area contributed by atoms with E-state index in [0.29, 0.717) is 6.42 Å². The van der Waals surface area contributed by atoms with Gasteiger partial charge in [0, 0.05) is 26.0 Å². The lowest BCUT2D eigenvalue weighted by Crippen LogP contribution is -2.32. The maximum atomic E-state index is 10.4. The van der Waals surface area contributed by atoms with Crippen LogP contribution in [0.2, 0.25) is 0 Å². The van der Waals surface area contributed by atoms with Crippen molar-refractivity contribution in [3.05, 3.63) is 48.3 Å². The third-order valence-electron chi connectivity index (χ3n) is 3.35. The zero-order chi connectivity index (χ0) is 16.4. The van der Waals surface area contributed by atoms with Gasteiger partial charge in [0.05, 0.1) is 6.67 Å². The Morgan fingerprint density at radius 2 is 2.00 bits per heavy atom. The molecule has 1 aliphatic heterocycles. The summed E-state index contributed by atoms with van der Waals surface area (Å²) >= 11 is 0. The second-order valence-corrected chi connectivity index (χ2v) is 5.50. The largest absolute Gasteiger partial charge is 0.480 e. The van der Waals surface area contributed by atoms with E-state index in [2.05, 4.69) is 36.2 Å². The van der Waals surface area contributed by atoms with Crippen LogP contribution in [0.3, 0.4) is 0 Å². The van der Waals surface area contributed by atoms with Gasteiger partial charge in [0.15, 0.2) is 0 Å². The number of hydrogen-bond donors (Lipinski definition) is 2. The highest BCUT2D eigenvalue weighted by Crippen LogP contribution is 2.04. The van der Waals surface area contributed by atoms with Crippen molar-refractivity contribution in [2.45, 2.75) is 32.2 Å². The van der Waals surface area contributed by atoms with Gasteiger partial charge in [-0.2, -0.15) is 0 Å². The first-order chi connectivity index (χ1) is 10.5. The molecule has 0 radical (unpaired) electrons. The van der Waals surface area contributed by atoms with E-state index in [1.54, 1.807) is 0 Å². The quantitative estimate of drug-likeness (QED) is 0.842. The van der Waals surface area contributed by atoms with Crippen molar-refractivity contribution in [3.8, 4) is 0 Å². The van der Waals surface area contributed by atoms with Gasteiger partial charge >= 0.3 is 5.97 Å². The summed E-state index contributed by atoms with van der Waals surface area (Å²) in [7, 11) is 2.10. The van der Waals surface area contributed by atoms with Gasteiger partial charge in [-0.05, 0) is 18.4 Å². The summed E-state index contributed by atoms with van der Waals surface area (Å²) in [5.74, 6) is -0.959. The van der Waals surface area contributed by atoms with E-state index in [9.17, 15) is 4.79 Å². The van der Waals surface area contributed by atoms with E-state index in [4.69, 9.17) is 10.8 Å². The molecule has 2 rings (SSSR count). The van der Waals surface area contributed by atoms with E-state index in [-0.39, 0.29) is 0 Å². The molecule has 5 nitrogen and oxygen atoms in total. The number of unbranched alkanes of at least 4 members (excludes halogenated alkanes) is 1. The van der Waals surface area contributed by atoms with Crippen LogP contribution in [0, 0.1) is 0 Å². The van der Waals surface area contributed by atoms with Crippen LogP contribution in [-0.2, 0) is 11.2 Å². The molecule has 22 heavy (non-hydrogen) atoms. The first-order valence-corrected chi connectivity index (χ1v) is 7.67. The Labute approximate surface area is 133 Å². The summed E-state index contributed by atoms with van der Waals surface area (Å²) in [6, 6.07) is 8.54. The second-order valence-electron chi connectivity index (χ2n) is 5.50. The van der Waals surface area contributed by atoms with E-state index in [1.165, 1.54) is 19.4 Å². The standard InChI is InChI=1S/C9H11NO2.C8H16N2/c10-8(9(11)12)6-7-4-2-1-3-5-7;1-3-4-5-10-7-6-9(2)8-10/h1-5,8H,6,10H2,(H,11,12);6-7H,3-5,8H2,1-2H3. The van der Waals surface area contributed by atoms with Gasteiger partial charge in [0.2, 0.25) is 0 Å². The topological polar surface area (TPSA) is 69.8 Å². The number of carboxylic acids is 1. The predicted octanol–water partition coefficient (Wildman–Crippen LogP) is 2.10. The fourth-order valence-electron chi connectivity index (χ4n) is 2.05. The highest BCUT2D eigenvalue weighted by Gasteiger charge is 2.11. The second kappa shape index (κ2) is 9.84. The molecule has 0 spiro atoms. The van der Waals surface area contributed by atoms with E-state index < -0.39 is 12.0 Å². The molecule has 0 saturated heterocycles. The summed E-state index contributed by atoms with van der Waals surface area (Å²) in [6.45, 7) is 4.50. The Morgan fingerprint density at radius 1 is 1.32 bits per heavy atom. The molecule has 5 heteroatoms. The van der Waals surface area contributed by atoms with Crippen molar-refractivity contribution in [2.24, 2.45) is 5.73 Å². The molecule has 0 fully saturated rings. The highest BCUT2D eigenvalue weighted by atomic mass is 16.4. The van der Waals surface area contributed by atoms with E-state index >= 15 is 0 Å². The molecule has 1 aliphatic rings. The Hall–Kier alpha value is -2.01. The lowest BCUT2D eigenvalue weighted by atomic mass is 10.1. The summed E-state index contributed by atoms with van der Waals surface area (Å²) in [5.41, 5.74) is 6.30. The van der Waals surface area contributed by atoms with Crippen LogP contribution in [-0.4, -0.2) is 47.2 Å². The van der Waals surface area contributed by atoms with Gasteiger partial charge in [-0.1, -0.05) is 43.7 Å². The highest BCUT2D eigenvalue weighted by molar-refractivity contribution is 5.73. The molecule has 122 valence electrons. The summed E-state index contributed by atoms with van der Waals surface area (Å²) < 4.78 is 0. The Morgan fingerprint density at radius 3 is 2.50 bits per heavy atom. The zero-order valence-electron chi connectivity index (χ0n) is 13.5. The molecule has 0 bridgehead atoms. The fourth-order valence-corrected chi connectivity index (χ4v) is 2.05. The number of aliphatic carboxylic acids is 1. The van der Waals surface area contributed by atoms with Crippen LogP contribution < -0.4 is 5.73 Å². The minimum Gasteiger partial charge on any atom is -0.480 e. The minimum absolute atomic E-state index is 0.385. The number of rotatable bonds is 6. The van der Waals surface area contributed by atoms with E-state index in [0.717, 1.165) is 12.2 Å². The van der Waals surface area contributed by atoms with Crippen LogP contribution in [0.1, 0.15) is 25.3 Å². The maximum absolute atomic E-state index is 10.4. The molecule has 1 heterocycles. The molecular weight excluding hydrogens is 278 g/mol. The molecule has 0 aromatic heterocycles. The molecule has 1 unspecified atom stereocenters. The van der Waals surface area contributed by atoms with Crippen molar-refractivity contribution in [1.29, 1.82) is 0 Å². The molecule has 0 amide bonds. The van der Waals surface area contributed by atoms with Crippen molar-refractivity contribution in [2.75, 3.05) is 20.3 Å². The summed E-state index contributed by atoms with van der Waals surface area (Å²) in [5, 5.41) is 8.52. The first-order valence-electron chi connectivity index (χ1n) is 7.67. The van der Waals surface area contributed by atoms with Crippen LogP contribution in [0.15, 0.2) is 42.7 Å². The number of carboxylic acid groups (broad SMARTS) is 1. The van der Waals surface area contributed by atoms with Crippen molar-refractivity contribution < 1.29 is 9.90 Å². The minimum atomic E-state index is -0.959. The average molecular weight is 305 g/mol. The first kappa shape index (κ1) is 18.0. The molecule has 1 aromatic carbocycles. The average Bonchev–Trinajstić information content (AvgIpc) is 2.92. The molecule has 0 saturated carbocycles. The maximum Gasteiger partial charge on any atom is 0.320 e. The van der Waals surface area contributed by atoms with E-state index in [1.807, 2.05) is 30.3 Å². The van der Waals surface area contributed by atoms with Gasteiger partial charge < -0.3 is 20.6 Å². The van der Waals surface area contributed by atoms with Gasteiger partial charge in [-0.3, -0.25) is 4.79 Å². The molecule has 3 N–H and O–H groups in total. The van der Waals surface area contributed by atoms with Crippen LogP contribution in [0.25, 0.3) is 0 Å². The smallest absolute Gasteiger partial charge is 0.320 e. The third-order valence-corrected chi connectivity index (χ3v) is 3.35. The Kier molecular flexibility index (Phi) is 8.07. The zero-order valence-corrected chi connectivity index (χ0v) is 13.5.